The number of aryl methyl sites for hydroxylation is 1. The summed E-state index contributed by atoms with van der Waals surface area (Å²) in [5.74, 6) is 0.815. The first-order valence-corrected chi connectivity index (χ1v) is 4.57. The average Bonchev–Trinajstić information content (AvgIpc) is 2.58. The minimum Gasteiger partial charge on any atom is -0.236 e. The van der Waals surface area contributed by atoms with Crippen LogP contribution in [0.1, 0.15) is 5.56 Å². The Kier molecular flexibility index (Phi) is 1.87. The van der Waals surface area contributed by atoms with E-state index >= 15 is 0 Å². The topological polar surface area (TPSA) is 25.8 Å². The van der Waals surface area contributed by atoms with Crippen molar-refractivity contribution in [2.75, 3.05) is 0 Å². The van der Waals surface area contributed by atoms with Crippen LogP contribution in [0.5, 0.6) is 0 Å². The molecule has 0 spiro atoms. The van der Waals surface area contributed by atoms with Gasteiger partial charge in [0.2, 0.25) is 0 Å². The molecule has 0 amide bonds. The Balaban J connectivity index is 2.43. The maximum atomic E-state index is 4.22. The highest BCUT2D eigenvalue weighted by molar-refractivity contribution is 7.13. The molecule has 60 valence electrons. The molecule has 2 aromatic rings. The number of thiophene rings is 1. The second-order valence-corrected chi connectivity index (χ2v) is 3.51. The second kappa shape index (κ2) is 3.03. The Morgan fingerprint density at radius 3 is 2.58 bits per heavy atom. The van der Waals surface area contributed by atoms with Crippen molar-refractivity contribution in [2.24, 2.45) is 0 Å². The fraction of sp³-hybridized carbons (Fsp3) is 0.111. The van der Waals surface area contributed by atoms with Gasteiger partial charge in [-0.1, -0.05) is 6.07 Å². The van der Waals surface area contributed by atoms with E-state index in [0.717, 1.165) is 16.3 Å². The lowest BCUT2D eigenvalue weighted by Gasteiger charge is -1.94. The van der Waals surface area contributed by atoms with E-state index in [2.05, 4.69) is 9.97 Å². The Labute approximate surface area is 74.9 Å². The molecule has 2 heterocycles. The molecule has 0 aliphatic rings. The van der Waals surface area contributed by atoms with Gasteiger partial charge in [0.1, 0.15) is 0 Å². The van der Waals surface area contributed by atoms with E-state index in [9.17, 15) is 0 Å². The fourth-order valence-electron chi connectivity index (χ4n) is 0.926. The van der Waals surface area contributed by atoms with Crippen LogP contribution in [0.4, 0.5) is 0 Å². The summed E-state index contributed by atoms with van der Waals surface area (Å²) >= 11 is 1.66. The van der Waals surface area contributed by atoms with E-state index in [1.165, 1.54) is 0 Å². The summed E-state index contributed by atoms with van der Waals surface area (Å²) in [5, 5.41) is 2.03. The van der Waals surface area contributed by atoms with E-state index in [1.54, 1.807) is 11.3 Å². The molecule has 3 heteroatoms. The van der Waals surface area contributed by atoms with Gasteiger partial charge in [-0.05, 0) is 23.9 Å². The number of nitrogens with zero attached hydrogens (tertiary/aromatic N) is 2. The van der Waals surface area contributed by atoms with Crippen molar-refractivity contribution in [3.8, 4) is 10.7 Å². The molecule has 0 aromatic carbocycles. The predicted octanol–water partition coefficient (Wildman–Crippen LogP) is 2.51. The van der Waals surface area contributed by atoms with Crippen LogP contribution in [-0.2, 0) is 0 Å². The molecule has 0 bridgehead atoms. The molecule has 0 saturated carbocycles. The molecule has 0 fully saturated rings. The summed E-state index contributed by atoms with van der Waals surface area (Å²) in [7, 11) is 0. The second-order valence-electron chi connectivity index (χ2n) is 2.56. The lowest BCUT2D eigenvalue weighted by molar-refractivity contribution is 1.14. The summed E-state index contributed by atoms with van der Waals surface area (Å²) in [6.07, 6.45) is 3.67. The molecular weight excluding hydrogens is 168 g/mol. The van der Waals surface area contributed by atoms with Gasteiger partial charge in [-0.15, -0.1) is 11.3 Å². The highest BCUT2D eigenvalue weighted by Crippen LogP contribution is 2.19. The normalized spacial score (nSPS) is 10.1. The first-order valence-electron chi connectivity index (χ1n) is 3.69. The van der Waals surface area contributed by atoms with Gasteiger partial charge in [0.25, 0.3) is 0 Å². The van der Waals surface area contributed by atoms with E-state index in [0.29, 0.717) is 0 Å². The van der Waals surface area contributed by atoms with E-state index < -0.39 is 0 Å². The third-order valence-electron chi connectivity index (χ3n) is 1.52. The van der Waals surface area contributed by atoms with Gasteiger partial charge >= 0.3 is 0 Å². The van der Waals surface area contributed by atoms with Crippen molar-refractivity contribution in [1.29, 1.82) is 0 Å². The van der Waals surface area contributed by atoms with Gasteiger partial charge in [0, 0.05) is 12.4 Å². The summed E-state index contributed by atoms with van der Waals surface area (Å²) in [6.45, 7) is 1.98. The maximum absolute atomic E-state index is 4.22. The molecule has 0 unspecified atom stereocenters. The predicted molar refractivity (Wildman–Crippen MR) is 50.1 cm³/mol. The molecule has 2 aromatic heterocycles. The van der Waals surface area contributed by atoms with Crippen LogP contribution in [0.15, 0.2) is 29.9 Å². The van der Waals surface area contributed by atoms with Gasteiger partial charge in [0.15, 0.2) is 5.82 Å². The smallest absolute Gasteiger partial charge is 0.169 e. The number of aromatic nitrogens is 2. The van der Waals surface area contributed by atoms with Crippen LogP contribution < -0.4 is 0 Å². The molecule has 0 saturated heterocycles. The van der Waals surface area contributed by atoms with Gasteiger partial charge in [-0.2, -0.15) is 0 Å². The maximum Gasteiger partial charge on any atom is 0.169 e. The van der Waals surface area contributed by atoms with Crippen molar-refractivity contribution in [1.82, 2.24) is 9.97 Å². The van der Waals surface area contributed by atoms with Crippen LogP contribution in [-0.4, -0.2) is 9.97 Å². The largest absolute Gasteiger partial charge is 0.236 e. The molecule has 0 N–H and O–H groups in total. The lowest BCUT2D eigenvalue weighted by atomic mass is 10.4. The minimum atomic E-state index is 0.815. The Morgan fingerprint density at radius 2 is 2.00 bits per heavy atom. The van der Waals surface area contributed by atoms with Gasteiger partial charge < -0.3 is 0 Å². The summed E-state index contributed by atoms with van der Waals surface area (Å²) in [5.41, 5.74) is 1.09. The monoisotopic (exact) mass is 176 g/mol. The molecule has 0 atom stereocenters. The quantitative estimate of drug-likeness (QED) is 0.667. The highest BCUT2D eigenvalue weighted by atomic mass is 32.1. The third-order valence-corrected chi connectivity index (χ3v) is 2.39. The molecule has 12 heavy (non-hydrogen) atoms. The van der Waals surface area contributed by atoms with Crippen LogP contribution in [0.2, 0.25) is 0 Å². The fourth-order valence-corrected chi connectivity index (χ4v) is 1.60. The van der Waals surface area contributed by atoms with Crippen LogP contribution in [0.25, 0.3) is 10.7 Å². The summed E-state index contributed by atoms with van der Waals surface area (Å²) in [4.78, 5) is 9.56. The van der Waals surface area contributed by atoms with Crippen LogP contribution in [0.3, 0.4) is 0 Å². The molecular formula is C9H8N2S. The third kappa shape index (κ3) is 1.36. The Hall–Kier alpha value is -1.22. The molecule has 2 nitrogen and oxygen atoms in total. The zero-order chi connectivity index (χ0) is 8.39. The minimum absolute atomic E-state index is 0.815. The first-order chi connectivity index (χ1) is 5.86. The van der Waals surface area contributed by atoms with Gasteiger partial charge in [-0.3, -0.25) is 0 Å². The summed E-state index contributed by atoms with van der Waals surface area (Å²) < 4.78 is 0. The molecule has 0 aliphatic carbocycles. The number of rotatable bonds is 1. The van der Waals surface area contributed by atoms with Gasteiger partial charge in [-0.25, -0.2) is 9.97 Å². The first kappa shape index (κ1) is 7.43. The number of hydrogen-bond acceptors (Lipinski definition) is 3. The van der Waals surface area contributed by atoms with Crippen molar-refractivity contribution >= 4 is 11.3 Å². The van der Waals surface area contributed by atoms with Crippen molar-refractivity contribution in [2.45, 2.75) is 6.92 Å². The Morgan fingerprint density at radius 1 is 1.25 bits per heavy atom. The standard InChI is InChI=1S/C9H8N2S/c1-7-5-10-9(11-6-7)8-3-2-4-12-8/h2-6H,1H3. The van der Waals surface area contributed by atoms with Crippen molar-refractivity contribution in [3.63, 3.8) is 0 Å². The Bertz CT molecular complexity index is 351. The zero-order valence-corrected chi connectivity index (χ0v) is 7.51. The zero-order valence-electron chi connectivity index (χ0n) is 6.69. The van der Waals surface area contributed by atoms with Crippen molar-refractivity contribution < 1.29 is 0 Å². The molecule has 2 rings (SSSR count). The molecule has 0 radical (unpaired) electrons. The lowest BCUT2D eigenvalue weighted by Crippen LogP contribution is -1.85. The number of hydrogen-bond donors (Lipinski definition) is 0. The summed E-state index contributed by atoms with van der Waals surface area (Å²) in [6, 6.07) is 4.03. The van der Waals surface area contributed by atoms with Gasteiger partial charge in [0.05, 0.1) is 4.88 Å². The molecule has 0 aliphatic heterocycles. The SMILES string of the molecule is Cc1cnc(-c2cccs2)nc1. The van der Waals surface area contributed by atoms with E-state index in [-0.39, 0.29) is 0 Å². The van der Waals surface area contributed by atoms with Crippen molar-refractivity contribution in [3.05, 3.63) is 35.5 Å². The average molecular weight is 176 g/mol. The van der Waals surface area contributed by atoms with Crippen LogP contribution >= 0.6 is 11.3 Å². The van der Waals surface area contributed by atoms with E-state index in [1.807, 2.05) is 36.8 Å². The van der Waals surface area contributed by atoms with Crippen LogP contribution in [0, 0.1) is 6.92 Å². The highest BCUT2D eigenvalue weighted by Gasteiger charge is 1.99. The van der Waals surface area contributed by atoms with E-state index in [4.69, 9.17) is 0 Å².